The van der Waals surface area contributed by atoms with Crippen LogP contribution in [0.2, 0.25) is 0 Å². The molecule has 0 atom stereocenters. The van der Waals surface area contributed by atoms with E-state index in [2.05, 4.69) is 0 Å². The van der Waals surface area contributed by atoms with E-state index in [1.54, 1.807) is 6.07 Å². The molecule has 86 valence electrons. The molecule has 0 aromatic heterocycles. The predicted molar refractivity (Wildman–Crippen MR) is 54.8 cm³/mol. The highest BCUT2D eigenvalue weighted by atomic mass is 16.7. The average Bonchev–Trinajstić information content (AvgIpc) is 2.69. The van der Waals surface area contributed by atoms with E-state index < -0.39 is 5.97 Å². The monoisotopic (exact) mass is 224 g/mol. The smallest absolute Gasteiger partial charge is 0.303 e. The molecule has 2 N–H and O–H groups in total. The third kappa shape index (κ3) is 2.03. The van der Waals surface area contributed by atoms with E-state index in [4.69, 9.17) is 14.6 Å². The number of carboxylic acid groups (broad SMARTS) is 1. The van der Waals surface area contributed by atoms with E-state index >= 15 is 0 Å². The molecule has 0 aliphatic carbocycles. The standard InChI is InChI=1S/C11H12O5/c12-8-4-5-9-11(16-6-15-9)7(8)2-1-3-10(13)14/h4-5,12H,1-3,6H2,(H,13,14). The maximum Gasteiger partial charge on any atom is 0.303 e. The van der Waals surface area contributed by atoms with Crippen molar-refractivity contribution in [1.82, 2.24) is 0 Å². The zero-order chi connectivity index (χ0) is 11.5. The predicted octanol–water partition coefficient (Wildman–Crippen LogP) is 1.53. The zero-order valence-corrected chi connectivity index (χ0v) is 8.60. The molecule has 1 aromatic rings. The van der Waals surface area contributed by atoms with Crippen molar-refractivity contribution in [2.24, 2.45) is 0 Å². The van der Waals surface area contributed by atoms with Gasteiger partial charge in [0.2, 0.25) is 6.79 Å². The molecule has 5 nitrogen and oxygen atoms in total. The van der Waals surface area contributed by atoms with Gasteiger partial charge in [0.1, 0.15) is 5.75 Å². The molecule has 1 aromatic carbocycles. The minimum atomic E-state index is -0.843. The quantitative estimate of drug-likeness (QED) is 0.811. The Morgan fingerprint density at radius 1 is 1.38 bits per heavy atom. The molecule has 1 aliphatic heterocycles. The van der Waals surface area contributed by atoms with E-state index in [1.807, 2.05) is 0 Å². The number of hydrogen-bond acceptors (Lipinski definition) is 4. The third-order valence-corrected chi connectivity index (χ3v) is 2.43. The fourth-order valence-electron chi connectivity index (χ4n) is 1.68. The summed E-state index contributed by atoms with van der Waals surface area (Å²) in [7, 11) is 0. The molecule has 0 radical (unpaired) electrons. The molecule has 0 fully saturated rings. The first-order valence-corrected chi connectivity index (χ1v) is 5.00. The van der Waals surface area contributed by atoms with Crippen molar-refractivity contribution >= 4 is 5.97 Å². The third-order valence-electron chi connectivity index (χ3n) is 2.43. The summed E-state index contributed by atoms with van der Waals surface area (Å²) in [6.07, 6.45) is 0.997. The Kier molecular flexibility index (Phi) is 2.85. The molecule has 0 amide bonds. The van der Waals surface area contributed by atoms with E-state index in [0.717, 1.165) is 0 Å². The Balaban J connectivity index is 2.13. The number of carbonyl (C=O) groups is 1. The van der Waals surface area contributed by atoms with Crippen molar-refractivity contribution in [2.75, 3.05) is 6.79 Å². The van der Waals surface area contributed by atoms with Crippen LogP contribution in [0.5, 0.6) is 17.2 Å². The van der Waals surface area contributed by atoms with Gasteiger partial charge in [-0.3, -0.25) is 4.79 Å². The van der Waals surface area contributed by atoms with Crippen LogP contribution in [0.4, 0.5) is 0 Å². The summed E-state index contributed by atoms with van der Waals surface area (Å²) in [5.74, 6) is 0.410. The number of phenolic OH excluding ortho intramolecular Hbond substituents is 1. The second-order valence-electron chi connectivity index (χ2n) is 3.54. The Labute approximate surface area is 92.2 Å². The lowest BCUT2D eigenvalue weighted by atomic mass is 10.1. The highest BCUT2D eigenvalue weighted by Gasteiger charge is 2.20. The van der Waals surface area contributed by atoms with Gasteiger partial charge in [-0.15, -0.1) is 0 Å². The molecule has 1 aliphatic rings. The average molecular weight is 224 g/mol. The first-order valence-electron chi connectivity index (χ1n) is 5.00. The molecule has 5 heteroatoms. The van der Waals surface area contributed by atoms with Crippen LogP contribution in [0.25, 0.3) is 0 Å². The van der Waals surface area contributed by atoms with Crippen molar-refractivity contribution in [1.29, 1.82) is 0 Å². The van der Waals surface area contributed by atoms with Gasteiger partial charge in [0.25, 0.3) is 0 Å². The maximum absolute atomic E-state index is 10.4. The number of aliphatic carboxylic acids is 1. The number of carboxylic acids is 1. The number of benzene rings is 1. The van der Waals surface area contributed by atoms with Crippen LogP contribution in [0.3, 0.4) is 0 Å². The van der Waals surface area contributed by atoms with Gasteiger partial charge >= 0.3 is 5.97 Å². The number of ether oxygens (including phenoxy) is 2. The van der Waals surface area contributed by atoms with Crippen LogP contribution < -0.4 is 9.47 Å². The Morgan fingerprint density at radius 3 is 2.94 bits per heavy atom. The molecular weight excluding hydrogens is 212 g/mol. The molecular formula is C11H12O5. The van der Waals surface area contributed by atoms with Gasteiger partial charge in [-0.25, -0.2) is 0 Å². The van der Waals surface area contributed by atoms with E-state index in [9.17, 15) is 9.90 Å². The molecule has 2 rings (SSSR count). The lowest BCUT2D eigenvalue weighted by molar-refractivity contribution is -0.137. The summed E-state index contributed by atoms with van der Waals surface area (Å²) >= 11 is 0. The number of phenols is 1. The van der Waals surface area contributed by atoms with Gasteiger partial charge < -0.3 is 19.7 Å². The molecule has 0 saturated carbocycles. The van der Waals surface area contributed by atoms with E-state index in [1.165, 1.54) is 6.07 Å². The van der Waals surface area contributed by atoms with Gasteiger partial charge in [0, 0.05) is 12.0 Å². The molecule has 0 unspecified atom stereocenters. The van der Waals surface area contributed by atoms with E-state index in [0.29, 0.717) is 29.9 Å². The van der Waals surface area contributed by atoms with Crippen LogP contribution in [0.1, 0.15) is 18.4 Å². The fraction of sp³-hybridized carbons (Fsp3) is 0.364. The van der Waals surface area contributed by atoms with Crippen LogP contribution in [-0.4, -0.2) is 23.0 Å². The van der Waals surface area contributed by atoms with Crippen LogP contribution in [-0.2, 0) is 11.2 Å². The number of fused-ring (bicyclic) bond motifs is 1. The fourth-order valence-corrected chi connectivity index (χ4v) is 1.68. The lowest BCUT2D eigenvalue weighted by Crippen LogP contribution is -1.98. The summed E-state index contributed by atoms with van der Waals surface area (Å²) < 4.78 is 10.4. The molecule has 0 spiro atoms. The van der Waals surface area contributed by atoms with Crippen molar-refractivity contribution in [2.45, 2.75) is 19.3 Å². The Hall–Kier alpha value is -1.91. The van der Waals surface area contributed by atoms with Crippen LogP contribution >= 0.6 is 0 Å². The van der Waals surface area contributed by atoms with Gasteiger partial charge in [-0.05, 0) is 25.0 Å². The highest BCUT2D eigenvalue weighted by Crippen LogP contribution is 2.40. The van der Waals surface area contributed by atoms with E-state index in [-0.39, 0.29) is 19.0 Å². The first-order chi connectivity index (χ1) is 7.68. The number of rotatable bonds is 4. The largest absolute Gasteiger partial charge is 0.508 e. The van der Waals surface area contributed by atoms with Crippen molar-refractivity contribution in [3.8, 4) is 17.2 Å². The minimum Gasteiger partial charge on any atom is -0.508 e. The number of hydrogen-bond donors (Lipinski definition) is 2. The molecule has 0 saturated heterocycles. The summed E-state index contributed by atoms with van der Waals surface area (Å²) in [6.45, 7) is 0.144. The summed E-state index contributed by atoms with van der Waals surface area (Å²) in [4.78, 5) is 10.4. The van der Waals surface area contributed by atoms with Gasteiger partial charge in [-0.2, -0.15) is 0 Å². The lowest BCUT2D eigenvalue weighted by Gasteiger charge is -2.07. The van der Waals surface area contributed by atoms with Crippen molar-refractivity contribution in [3.63, 3.8) is 0 Å². The second kappa shape index (κ2) is 4.30. The normalized spacial score (nSPS) is 12.8. The summed E-state index contributed by atoms with van der Waals surface area (Å²) in [5, 5.41) is 18.2. The molecule has 0 bridgehead atoms. The number of aromatic hydroxyl groups is 1. The summed E-state index contributed by atoms with van der Waals surface area (Å²) in [6, 6.07) is 3.17. The van der Waals surface area contributed by atoms with Crippen LogP contribution in [0, 0.1) is 0 Å². The van der Waals surface area contributed by atoms with Gasteiger partial charge in [0.05, 0.1) is 0 Å². The van der Waals surface area contributed by atoms with Crippen LogP contribution in [0.15, 0.2) is 12.1 Å². The zero-order valence-electron chi connectivity index (χ0n) is 8.60. The Bertz CT molecular complexity index is 413. The highest BCUT2D eigenvalue weighted by molar-refractivity contribution is 5.66. The van der Waals surface area contributed by atoms with Crippen molar-refractivity contribution < 1.29 is 24.5 Å². The van der Waals surface area contributed by atoms with Crippen molar-refractivity contribution in [3.05, 3.63) is 17.7 Å². The topological polar surface area (TPSA) is 76.0 Å². The van der Waals surface area contributed by atoms with Gasteiger partial charge in [-0.1, -0.05) is 0 Å². The first kappa shape index (κ1) is 10.6. The Morgan fingerprint density at radius 2 is 2.19 bits per heavy atom. The second-order valence-corrected chi connectivity index (χ2v) is 3.54. The van der Waals surface area contributed by atoms with Gasteiger partial charge in [0.15, 0.2) is 11.5 Å². The molecule has 16 heavy (non-hydrogen) atoms. The SMILES string of the molecule is O=C(O)CCCc1c(O)ccc2c1OCO2. The molecule has 1 heterocycles. The maximum atomic E-state index is 10.4. The minimum absolute atomic E-state index is 0.0734. The summed E-state index contributed by atoms with van der Waals surface area (Å²) in [5.41, 5.74) is 0.622.